The first-order valence-corrected chi connectivity index (χ1v) is 7.50. The summed E-state index contributed by atoms with van der Waals surface area (Å²) in [7, 11) is 0. The van der Waals surface area contributed by atoms with Crippen molar-refractivity contribution in [2.75, 3.05) is 11.9 Å². The van der Waals surface area contributed by atoms with Crippen molar-refractivity contribution in [2.24, 2.45) is 5.73 Å². The first-order valence-electron chi connectivity index (χ1n) is 7.50. The lowest BCUT2D eigenvalue weighted by Crippen LogP contribution is -2.20. The highest BCUT2D eigenvalue weighted by molar-refractivity contribution is 5.91. The van der Waals surface area contributed by atoms with Crippen LogP contribution in [0.2, 0.25) is 0 Å². The predicted molar refractivity (Wildman–Crippen MR) is 90.1 cm³/mol. The number of amides is 1. The van der Waals surface area contributed by atoms with Crippen LogP contribution in [0.15, 0.2) is 48.7 Å². The summed E-state index contributed by atoms with van der Waals surface area (Å²) in [6, 6.07) is 10.8. The summed E-state index contributed by atoms with van der Waals surface area (Å²) in [6.45, 7) is 0.190. The molecule has 0 saturated heterocycles. The van der Waals surface area contributed by atoms with Crippen LogP contribution in [0.5, 0.6) is 5.75 Å². The molecule has 1 heterocycles. The highest BCUT2D eigenvalue weighted by Gasteiger charge is 2.09. The van der Waals surface area contributed by atoms with Gasteiger partial charge in [0.1, 0.15) is 17.1 Å². The minimum absolute atomic E-state index is 0.102. The van der Waals surface area contributed by atoms with E-state index in [2.05, 4.69) is 10.3 Å². The molecular weight excluding hydrogens is 328 g/mol. The van der Waals surface area contributed by atoms with Gasteiger partial charge in [-0.1, -0.05) is 12.1 Å². The average Bonchev–Trinajstić information content (AvgIpc) is 2.58. The molecule has 1 amide bonds. The zero-order valence-electron chi connectivity index (χ0n) is 13.1. The van der Waals surface area contributed by atoms with Gasteiger partial charge in [-0.05, 0) is 29.8 Å². The van der Waals surface area contributed by atoms with Gasteiger partial charge in [0.15, 0.2) is 12.4 Å². The van der Waals surface area contributed by atoms with Crippen molar-refractivity contribution >= 4 is 22.5 Å². The number of nitrogens with one attached hydrogen (secondary N) is 1. The molecule has 0 atom stereocenters. The summed E-state index contributed by atoms with van der Waals surface area (Å²) >= 11 is 0. The van der Waals surface area contributed by atoms with E-state index in [4.69, 9.17) is 10.5 Å². The van der Waals surface area contributed by atoms with Gasteiger partial charge in [-0.2, -0.15) is 0 Å². The zero-order chi connectivity index (χ0) is 17.8. The number of primary amides is 1. The molecule has 3 aromatic rings. The number of hydrogen-bond donors (Lipinski definition) is 2. The second-order valence-electron chi connectivity index (χ2n) is 5.40. The van der Waals surface area contributed by atoms with E-state index in [-0.39, 0.29) is 12.1 Å². The van der Waals surface area contributed by atoms with Gasteiger partial charge in [-0.3, -0.25) is 9.78 Å². The van der Waals surface area contributed by atoms with Gasteiger partial charge in [-0.25, -0.2) is 8.78 Å². The fraction of sp³-hybridized carbons (Fsp3) is 0.111. The number of ether oxygens (including phenoxy) is 1. The molecule has 0 bridgehead atoms. The molecular formula is C18H15F2N3O2. The Morgan fingerprint density at radius 1 is 1.20 bits per heavy atom. The van der Waals surface area contributed by atoms with E-state index in [9.17, 15) is 13.6 Å². The van der Waals surface area contributed by atoms with Gasteiger partial charge in [0.2, 0.25) is 0 Å². The zero-order valence-corrected chi connectivity index (χ0v) is 13.1. The number of halogens is 2. The average molecular weight is 343 g/mol. The van der Waals surface area contributed by atoms with Crippen LogP contribution in [-0.4, -0.2) is 17.5 Å². The predicted octanol–water partition coefficient (Wildman–Crippen LogP) is 2.99. The molecule has 25 heavy (non-hydrogen) atoms. The van der Waals surface area contributed by atoms with Crippen molar-refractivity contribution in [3.05, 3.63) is 65.9 Å². The van der Waals surface area contributed by atoms with Gasteiger partial charge in [0.25, 0.3) is 5.91 Å². The van der Waals surface area contributed by atoms with Crippen LogP contribution in [0, 0.1) is 11.6 Å². The van der Waals surface area contributed by atoms with Crippen molar-refractivity contribution in [2.45, 2.75) is 6.54 Å². The van der Waals surface area contributed by atoms with Gasteiger partial charge >= 0.3 is 0 Å². The third kappa shape index (κ3) is 4.00. The van der Waals surface area contributed by atoms with E-state index in [1.807, 2.05) is 6.07 Å². The minimum atomic E-state index is -0.708. The highest BCUT2D eigenvalue weighted by atomic mass is 19.1. The Labute approximate surface area is 142 Å². The number of hydrogen-bond acceptors (Lipinski definition) is 4. The van der Waals surface area contributed by atoms with Crippen molar-refractivity contribution in [1.29, 1.82) is 0 Å². The molecule has 5 nitrogen and oxygen atoms in total. The largest absolute Gasteiger partial charge is 0.484 e. The maximum atomic E-state index is 13.8. The number of nitrogens with zero attached hydrogens (tertiary/aromatic N) is 1. The summed E-state index contributed by atoms with van der Waals surface area (Å²) in [4.78, 5) is 14.7. The molecule has 1 aromatic heterocycles. The van der Waals surface area contributed by atoms with Crippen LogP contribution in [0.3, 0.4) is 0 Å². The molecule has 0 aliphatic heterocycles. The summed E-state index contributed by atoms with van der Waals surface area (Å²) in [6.07, 6.45) is 1.46. The molecule has 3 N–H and O–H groups in total. The number of nitrogens with two attached hydrogens (primary N) is 1. The monoisotopic (exact) mass is 343 g/mol. The number of anilines is 1. The third-order valence-electron chi connectivity index (χ3n) is 3.53. The van der Waals surface area contributed by atoms with E-state index in [1.54, 1.807) is 24.3 Å². The Morgan fingerprint density at radius 3 is 2.84 bits per heavy atom. The molecule has 3 rings (SSSR count). The molecule has 0 fully saturated rings. The summed E-state index contributed by atoms with van der Waals surface area (Å²) in [5.41, 5.74) is 6.58. The Bertz CT molecular complexity index is 931. The lowest BCUT2D eigenvalue weighted by atomic mass is 10.1. The number of carbonyl (C=O) groups excluding carboxylic acids is 1. The van der Waals surface area contributed by atoms with Crippen molar-refractivity contribution < 1.29 is 18.3 Å². The Morgan fingerprint density at radius 2 is 2.04 bits per heavy atom. The summed E-state index contributed by atoms with van der Waals surface area (Å²) in [5.74, 6) is -1.42. The third-order valence-corrected chi connectivity index (χ3v) is 3.53. The van der Waals surface area contributed by atoms with Crippen LogP contribution < -0.4 is 15.8 Å². The van der Waals surface area contributed by atoms with Gasteiger partial charge in [0.05, 0.1) is 0 Å². The van der Waals surface area contributed by atoms with E-state index in [0.717, 1.165) is 11.6 Å². The molecule has 2 aromatic carbocycles. The van der Waals surface area contributed by atoms with Crippen molar-refractivity contribution in [3.63, 3.8) is 0 Å². The van der Waals surface area contributed by atoms with Crippen LogP contribution in [0.1, 0.15) is 5.56 Å². The smallest absolute Gasteiger partial charge is 0.255 e. The number of fused-ring (bicyclic) bond motifs is 1. The van der Waals surface area contributed by atoms with Crippen molar-refractivity contribution in [1.82, 2.24) is 4.98 Å². The number of pyridine rings is 1. The fourth-order valence-corrected chi connectivity index (χ4v) is 2.43. The van der Waals surface area contributed by atoms with E-state index < -0.39 is 17.5 Å². The molecule has 0 radical (unpaired) electrons. The lowest BCUT2D eigenvalue weighted by Gasteiger charge is -2.11. The second-order valence-corrected chi connectivity index (χ2v) is 5.40. The normalized spacial score (nSPS) is 10.6. The maximum Gasteiger partial charge on any atom is 0.255 e. The van der Waals surface area contributed by atoms with Gasteiger partial charge < -0.3 is 15.8 Å². The lowest BCUT2D eigenvalue weighted by molar-refractivity contribution is -0.119. The summed E-state index contributed by atoms with van der Waals surface area (Å²) < 4.78 is 32.6. The minimum Gasteiger partial charge on any atom is -0.484 e. The Kier molecular flexibility index (Phi) is 4.74. The number of benzene rings is 2. The van der Waals surface area contributed by atoms with Crippen LogP contribution in [0.25, 0.3) is 10.9 Å². The molecule has 7 heteroatoms. The quantitative estimate of drug-likeness (QED) is 0.721. The number of aromatic nitrogens is 1. The molecule has 128 valence electrons. The molecule has 0 aliphatic rings. The summed E-state index contributed by atoms with van der Waals surface area (Å²) in [5, 5.41) is 3.49. The Balaban J connectivity index is 1.79. The van der Waals surface area contributed by atoms with E-state index >= 15 is 0 Å². The maximum absolute atomic E-state index is 13.8. The molecule has 0 saturated carbocycles. The van der Waals surface area contributed by atoms with Crippen LogP contribution >= 0.6 is 0 Å². The first kappa shape index (κ1) is 16.6. The Hall–Kier alpha value is -3.22. The van der Waals surface area contributed by atoms with Crippen molar-refractivity contribution in [3.8, 4) is 5.75 Å². The SMILES string of the molecule is NC(=O)COc1cccc(CNc2ccnc3c(F)cc(F)cc23)c1. The molecule has 0 aliphatic carbocycles. The molecule has 0 unspecified atom stereocenters. The number of carbonyl (C=O) groups is 1. The second kappa shape index (κ2) is 7.12. The standard InChI is InChI=1S/C18H15F2N3O2/c19-12-7-14-16(4-5-22-18(14)15(20)8-12)23-9-11-2-1-3-13(6-11)25-10-17(21)24/h1-8H,9-10H2,(H2,21,24)(H,22,23). The topological polar surface area (TPSA) is 77.2 Å². The van der Waals surface area contributed by atoms with E-state index in [0.29, 0.717) is 23.4 Å². The number of rotatable bonds is 6. The van der Waals surface area contributed by atoms with Crippen LogP contribution in [0.4, 0.5) is 14.5 Å². The van der Waals surface area contributed by atoms with Gasteiger partial charge in [0, 0.05) is 29.9 Å². The van der Waals surface area contributed by atoms with E-state index in [1.165, 1.54) is 12.3 Å². The highest BCUT2D eigenvalue weighted by Crippen LogP contribution is 2.25. The van der Waals surface area contributed by atoms with Crippen LogP contribution in [-0.2, 0) is 11.3 Å². The first-order chi connectivity index (χ1) is 12.0. The fourth-order valence-electron chi connectivity index (χ4n) is 2.43. The van der Waals surface area contributed by atoms with Gasteiger partial charge in [-0.15, -0.1) is 0 Å². The molecule has 0 spiro atoms.